The number of aliphatic hydroxyl groups excluding tert-OH is 1. The molecule has 0 saturated heterocycles. The van der Waals surface area contributed by atoms with Crippen molar-refractivity contribution in [2.75, 3.05) is 42.7 Å². The van der Waals surface area contributed by atoms with Gasteiger partial charge in [0, 0.05) is 36.3 Å². The van der Waals surface area contributed by atoms with Gasteiger partial charge in [0.15, 0.2) is 0 Å². The van der Waals surface area contributed by atoms with Crippen LogP contribution in [0.25, 0.3) is 10.8 Å². The van der Waals surface area contributed by atoms with Crippen molar-refractivity contribution in [3.05, 3.63) is 96.3 Å². The van der Waals surface area contributed by atoms with Crippen LogP contribution in [-0.4, -0.2) is 71.8 Å². The number of hydrogen-bond acceptors (Lipinski definition) is 5. The van der Waals surface area contributed by atoms with E-state index in [2.05, 4.69) is 16.0 Å². The molecule has 4 aromatic rings. The molecule has 0 bridgehead atoms. The first-order chi connectivity index (χ1) is 21.6. The lowest BCUT2D eigenvalue weighted by Crippen LogP contribution is -2.50. The number of fused-ring (bicyclic) bond motifs is 2. The molecule has 0 spiro atoms. The number of nitrogens with one attached hydrogen (secondary N) is 3. The van der Waals surface area contributed by atoms with Crippen LogP contribution in [0.3, 0.4) is 0 Å². The third-order valence-electron chi connectivity index (χ3n) is 7.86. The third-order valence-corrected chi connectivity index (χ3v) is 7.86. The highest BCUT2D eigenvalue weighted by Gasteiger charge is 2.34. The van der Waals surface area contributed by atoms with Gasteiger partial charge >= 0.3 is 12.1 Å². The smallest absolute Gasteiger partial charge is 0.323 e. The summed E-state index contributed by atoms with van der Waals surface area (Å²) in [6.45, 7) is 3.93. The zero-order valence-corrected chi connectivity index (χ0v) is 25.3. The van der Waals surface area contributed by atoms with Crippen LogP contribution in [-0.2, 0) is 0 Å². The van der Waals surface area contributed by atoms with E-state index in [1.165, 1.54) is 30.3 Å². The lowest BCUT2D eigenvalue weighted by atomic mass is 9.99. The summed E-state index contributed by atoms with van der Waals surface area (Å²) in [5.74, 6) is -0.698. The molecule has 5 amide bonds. The molecule has 0 unspecified atom stereocenters. The summed E-state index contributed by atoms with van der Waals surface area (Å²) in [5, 5.41) is 20.2. The molecule has 0 aliphatic carbocycles. The molecule has 10 nitrogen and oxygen atoms in total. The molecule has 1 heterocycles. The summed E-state index contributed by atoms with van der Waals surface area (Å²) >= 11 is 0. The van der Waals surface area contributed by atoms with Crippen LogP contribution < -0.4 is 20.7 Å². The van der Waals surface area contributed by atoms with Crippen LogP contribution in [0.4, 0.5) is 31.0 Å². The van der Waals surface area contributed by atoms with Crippen LogP contribution in [0.5, 0.6) is 5.75 Å². The molecule has 234 valence electrons. The first-order valence-electron chi connectivity index (χ1n) is 14.7. The molecule has 4 aromatic carbocycles. The predicted molar refractivity (Wildman–Crippen MR) is 172 cm³/mol. The SMILES string of the molecule is C[C@H]1CN([C@@H](C)CO)C(=O)c2cc(NC(=O)Nc3ccc(F)cc3)ccc2O[C@H]1CN(C)C(=O)Nc1cccc2ccccc12. The van der Waals surface area contributed by atoms with E-state index in [-0.39, 0.29) is 43.1 Å². The topological polar surface area (TPSA) is 123 Å². The van der Waals surface area contributed by atoms with Gasteiger partial charge in [-0.15, -0.1) is 0 Å². The number of hydrogen-bond donors (Lipinski definition) is 4. The summed E-state index contributed by atoms with van der Waals surface area (Å²) in [6, 6.07) is 22.2. The first kappa shape index (κ1) is 31.3. The van der Waals surface area contributed by atoms with E-state index in [0.717, 1.165) is 10.8 Å². The molecule has 11 heteroatoms. The standard InChI is InChI=1S/C34H36FN5O5/c1-21-18-40(22(2)20-41)32(42)28-17-26(37-33(43)36-25-13-11-24(35)12-14-25)15-16-30(28)45-31(21)19-39(3)34(44)38-29-10-6-8-23-7-4-5-9-27(23)29/h4-17,21-22,31,41H,18-20H2,1-3H3,(H,38,44)(H2,36,37,43)/t21-,22-,31-/m0/s1. The van der Waals surface area contributed by atoms with Crippen molar-refractivity contribution < 1.29 is 28.6 Å². The van der Waals surface area contributed by atoms with Gasteiger partial charge in [0.2, 0.25) is 0 Å². The van der Waals surface area contributed by atoms with E-state index in [4.69, 9.17) is 4.74 Å². The maximum Gasteiger partial charge on any atom is 0.323 e. The number of nitrogens with zero attached hydrogens (tertiary/aromatic N) is 2. The molecule has 1 aliphatic rings. The molecule has 4 N–H and O–H groups in total. The van der Waals surface area contributed by atoms with Crippen LogP contribution in [0.2, 0.25) is 0 Å². The maximum atomic E-state index is 13.7. The number of rotatable bonds is 7. The Morgan fingerprint density at radius 1 is 1.00 bits per heavy atom. The summed E-state index contributed by atoms with van der Waals surface area (Å²) in [6.07, 6.45) is -0.505. The van der Waals surface area contributed by atoms with Crippen LogP contribution in [0.1, 0.15) is 24.2 Å². The van der Waals surface area contributed by atoms with Crippen molar-refractivity contribution >= 4 is 45.8 Å². The van der Waals surface area contributed by atoms with Crippen LogP contribution >= 0.6 is 0 Å². The van der Waals surface area contributed by atoms with Gasteiger partial charge in [-0.3, -0.25) is 4.79 Å². The number of halogens is 1. The Bertz CT molecular complexity index is 1690. The molecular weight excluding hydrogens is 577 g/mol. The van der Waals surface area contributed by atoms with Crippen molar-refractivity contribution in [2.45, 2.75) is 26.0 Å². The Kier molecular flexibility index (Phi) is 9.48. The van der Waals surface area contributed by atoms with Gasteiger partial charge in [0.1, 0.15) is 17.7 Å². The minimum atomic E-state index is -0.577. The van der Waals surface area contributed by atoms with Gasteiger partial charge in [0.05, 0.1) is 30.4 Å². The van der Waals surface area contributed by atoms with Gasteiger partial charge in [0.25, 0.3) is 5.91 Å². The Morgan fingerprint density at radius 2 is 1.69 bits per heavy atom. The van der Waals surface area contributed by atoms with E-state index in [0.29, 0.717) is 22.8 Å². The minimum absolute atomic E-state index is 0.203. The molecular formula is C34H36FN5O5. The Labute approximate surface area is 260 Å². The number of urea groups is 2. The zero-order chi connectivity index (χ0) is 32.1. The van der Waals surface area contributed by atoms with Gasteiger partial charge < -0.3 is 35.6 Å². The van der Waals surface area contributed by atoms with Crippen molar-refractivity contribution in [3.63, 3.8) is 0 Å². The average Bonchev–Trinajstić information content (AvgIpc) is 3.03. The molecule has 0 fully saturated rings. The fourth-order valence-electron chi connectivity index (χ4n) is 5.24. The van der Waals surface area contributed by atoms with Crippen LogP contribution in [0.15, 0.2) is 84.9 Å². The number of carbonyl (C=O) groups is 3. The lowest BCUT2D eigenvalue weighted by molar-refractivity contribution is 0.0371. The van der Waals surface area contributed by atoms with E-state index in [9.17, 15) is 23.9 Å². The van der Waals surface area contributed by atoms with Gasteiger partial charge in [-0.25, -0.2) is 14.0 Å². The van der Waals surface area contributed by atoms with E-state index in [1.54, 1.807) is 35.9 Å². The third kappa shape index (κ3) is 7.32. The molecule has 0 saturated carbocycles. The predicted octanol–water partition coefficient (Wildman–Crippen LogP) is 6.01. The lowest BCUT2D eigenvalue weighted by Gasteiger charge is -2.38. The Morgan fingerprint density at radius 3 is 2.44 bits per heavy atom. The highest BCUT2D eigenvalue weighted by Crippen LogP contribution is 2.31. The van der Waals surface area contributed by atoms with Gasteiger partial charge in [-0.1, -0.05) is 43.3 Å². The first-order valence-corrected chi connectivity index (χ1v) is 14.7. The van der Waals surface area contributed by atoms with E-state index >= 15 is 0 Å². The van der Waals surface area contributed by atoms with E-state index in [1.807, 2.05) is 49.4 Å². The highest BCUT2D eigenvalue weighted by molar-refractivity contribution is 6.03. The van der Waals surface area contributed by atoms with Crippen molar-refractivity contribution in [3.8, 4) is 5.75 Å². The monoisotopic (exact) mass is 613 g/mol. The second-order valence-corrected chi connectivity index (χ2v) is 11.3. The number of benzene rings is 4. The summed E-state index contributed by atoms with van der Waals surface area (Å²) in [4.78, 5) is 42.8. The Hall–Kier alpha value is -5.16. The normalized spacial score (nSPS) is 16.9. The number of amides is 5. The molecule has 1 aliphatic heterocycles. The van der Waals surface area contributed by atoms with Crippen molar-refractivity contribution in [1.29, 1.82) is 0 Å². The van der Waals surface area contributed by atoms with E-state index < -0.39 is 24.0 Å². The number of carbonyl (C=O) groups excluding carboxylic acids is 3. The van der Waals surface area contributed by atoms with Crippen LogP contribution in [0, 0.1) is 11.7 Å². The number of likely N-dealkylation sites (N-methyl/N-ethyl adjacent to an activating group) is 1. The quantitative estimate of drug-likeness (QED) is 0.203. The molecule has 0 aromatic heterocycles. The largest absolute Gasteiger partial charge is 0.487 e. The summed E-state index contributed by atoms with van der Waals surface area (Å²) in [7, 11) is 1.68. The molecule has 0 radical (unpaired) electrons. The molecule has 3 atom stereocenters. The zero-order valence-electron chi connectivity index (χ0n) is 25.3. The second kappa shape index (κ2) is 13.6. The fourth-order valence-corrected chi connectivity index (χ4v) is 5.24. The fraction of sp³-hybridized carbons (Fsp3) is 0.265. The number of aliphatic hydroxyl groups is 1. The second-order valence-electron chi connectivity index (χ2n) is 11.3. The van der Waals surface area contributed by atoms with Crippen molar-refractivity contribution in [1.82, 2.24) is 9.80 Å². The summed E-state index contributed by atoms with van der Waals surface area (Å²) in [5.41, 5.74) is 1.63. The van der Waals surface area contributed by atoms with Crippen molar-refractivity contribution in [2.24, 2.45) is 5.92 Å². The molecule has 45 heavy (non-hydrogen) atoms. The highest BCUT2D eigenvalue weighted by atomic mass is 19.1. The molecule has 5 rings (SSSR count). The number of anilines is 3. The maximum absolute atomic E-state index is 13.7. The Balaban J connectivity index is 1.35. The average molecular weight is 614 g/mol. The summed E-state index contributed by atoms with van der Waals surface area (Å²) < 4.78 is 19.6. The number of ether oxygens (including phenoxy) is 1. The minimum Gasteiger partial charge on any atom is -0.487 e. The van der Waals surface area contributed by atoms with Gasteiger partial charge in [-0.05, 0) is 60.8 Å². The van der Waals surface area contributed by atoms with Gasteiger partial charge in [-0.2, -0.15) is 0 Å².